The lowest BCUT2D eigenvalue weighted by atomic mass is 10.1. The van der Waals surface area contributed by atoms with Crippen LogP contribution in [-0.2, 0) is 11.3 Å². The number of aliphatic imine (C=N–C) groups is 1. The molecule has 0 unspecified atom stereocenters. The van der Waals surface area contributed by atoms with E-state index in [-0.39, 0.29) is 24.0 Å². The molecule has 0 saturated carbocycles. The minimum atomic E-state index is 0. The molecule has 132 valence electrons. The fourth-order valence-electron chi connectivity index (χ4n) is 2.17. The molecule has 6 heteroatoms. The SMILES string of the molecule is CN=C(NCCN(C)CCOC)NCc1ccc(C)cc1C.I. The van der Waals surface area contributed by atoms with Crippen molar-refractivity contribution < 1.29 is 4.74 Å². The summed E-state index contributed by atoms with van der Waals surface area (Å²) >= 11 is 0. The van der Waals surface area contributed by atoms with Gasteiger partial charge in [-0.1, -0.05) is 23.8 Å². The van der Waals surface area contributed by atoms with Crippen molar-refractivity contribution in [3.8, 4) is 0 Å². The molecule has 1 aromatic carbocycles. The van der Waals surface area contributed by atoms with Crippen molar-refractivity contribution >= 4 is 29.9 Å². The number of nitrogens with one attached hydrogen (secondary N) is 2. The van der Waals surface area contributed by atoms with E-state index in [1.165, 1.54) is 16.7 Å². The highest BCUT2D eigenvalue weighted by Gasteiger charge is 2.02. The Balaban J connectivity index is 0.00000484. The molecule has 0 aliphatic rings. The maximum absolute atomic E-state index is 5.07. The van der Waals surface area contributed by atoms with Crippen LogP contribution >= 0.6 is 24.0 Å². The van der Waals surface area contributed by atoms with Crippen LogP contribution in [0.4, 0.5) is 0 Å². The van der Waals surface area contributed by atoms with E-state index in [2.05, 4.69) is 59.6 Å². The minimum Gasteiger partial charge on any atom is -0.383 e. The largest absolute Gasteiger partial charge is 0.383 e. The monoisotopic (exact) mass is 434 g/mol. The fraction of sp³-hybridized carbons (Fsp3) is 0.588. The molecule has 1 aromatic rings. The Bertz CT molecular complexity index is 480. The molecule has 0 aliphatic heterocycles. The third-order valence-corrected chi connectivity index (χ3v) is 3.63. The van der Waals surface area contributed by atoms with Gasteiger partial charge in [-0.05, 0) is 32.0 Å². The highest BCUT2D eigenvalue weighted by atomic mass is 127. The Hall–Kier alpha value is -0.860. The number of methoxy groups -OCH3 is 1. The molecule has 0 aromatic heterocycles. The molecule has 1 rings (SSSR count). The summed E-state index contributed by atoms with van der Waals surface area (Å²) in [4.78, 5) is 6.49. The number of hydrogen-bond acceptors (Lipinski definition) is 3. The highest BCUT2D eigenvalue weighted by molar-refractivity contribution is 14.0. The van der Waals surface area contributed by atoms with Crippen LogP contribution in [-0.4, -0.2) is 58.3 Å². The van der Waals surface area contributed by atoms with Crippen LogP contribution in [0.15, 0.2) is 23.2 Å². The van der Waals surface area contributed by atoms with Crippen molar-refractivity contribution in [1.82, 2.24) is 15.5 Å². The Morgan fingerprint density at radius 3 is 2.57 bits per heavy atom. The van der Waals surface area contributed by atoms with Gasteiger partial charge < -0.3 is 20.3 Å². The first-order valence-electron chi connectivity index (χ1n) is 7.75. The zero-order valence-corrected chi connectivity index (χ0v) is 17.3. The van der Waals surface area contributed by atoms with Gasteiger partial charge in [0.2, 0.25) is 0 Å². The van der Waals surface area contributed by atoms with E-state index < -0.39 is 0 Å². The number of rotatable bonds is 8. The summed E-state index contributed by atoms with van der Waals surface area (Å²) in [6.45, 7) is 8.55. The van der Waals surface area contributed by atoms with Crippen LogP contribution in [0, 0.1) is 13.8 Å². The molecule has 0 bridgehead atoms. The van der Waals surface area contributed by atoms with E-state index >= 15 is 0 Å². The van der Waals surface area contributed by atoms with Gasteiger partial charge in [0.15, 0.2) is 5.96 Å². The molecule has 0 saturated heterocycles. The predicted molar refractivity (Wildman–Crippen MR) is 109 cm³/mol. The molecular weight excluding hydrogens is 403 g/mol. The summed E-state index contributed by atoms with van der Waals surface area (Å²) in [6.07, 6.45) is 0. The molecule has 0 aliphatic carbocycles. The van der Waals surface area contributed by atoms with E-state index in [0.29, 0.717) is 0 Å². The third kappa shape index (κ3) is 9.12. The van der Waals surface area contributed by atoms with Crippen molar-refractivity contribution in [2.24, 2.45) is 4.99 Å². The Morgan fingerprint density at radius 2 is 1.96 bits per heavy atom. The first kappa shape index (κ1) is 22.1. The molecule has 0 radical (unpaired) electrons. The van der Waals surface area contributed by atoms with Gasteiger partial charge in [0.1, 0.15) is 0 Å². The molecule has 0 fully saturated rings. The van der Waals surface area contributed by atoms with Crippen molar-refractivity contribution in [1.29, 1.82) is 0 Å². The summed E-state index contributed by atoms with van der Waals surface area (Å²) < 4.78 is 5.07. The topological polar surface area (TPSA) is 48.9 Å². The smallest absolute Gasteiger partial charge is 0.191 e. The third-order valence-electron chi connectivity index (χ3n) is 3.63. The van der Waals surface area contributed by atoms with Gasteiger partial charge in [-0.15, -0.1) is 24.0 Å². The number of benzene rings is 1. The Morgan fingerprint density at radius 1 is 1.22 bits per heavy atom. The molecule has 23 heavy (non-hydrogen) atoms. The highest BCUT2D eigenvalue weighted by Crippen LogP contribution is 2.09. The second-order valence-electron chi connectivity index (χ2n) is 5.58. The normalized spacial score (nSPS) is 11.3. The van der Waals surface area contributed by atoms with Gasteiger partial charge in [0.05, 0.1) is 6.61 Å². The molecule has 5 nitrogen and oxygen atoms in total. The number of halogens is 1. The van der Waals surface area contributed by atoms with Crippen molar-refractivity contribution in [3.05, 3.63) is 34.9 Å². The first-order valence-corrected chi connectivity index (χ1v) is 7.75. The van der Waals surface area contributed by atoms with Crippen LogP contribution in [0.1, 0.15) is 16.7 Å². The summed E-state index contributed by atoms with van der Waals surface area (Å²) in [7, 11) is 5.61. The van der Waals surface area contributed by atoms with Crippen molar-refractivity contribution in [2.75, 3.05) is 47.4 Å². The lowest BCUT2D eigenvalue weighted by Crippen LogP contribution is -2.41. The van der Waals surface area contributed by atoms with E-state index in [9.17, 15) is 0 Å². The second kappa shape index (κ2) is 12.5. The number of nitrogens with zero attached hydrogens (tertiary/aromatic N) is 2. The molecule has 0 heterocycles. The number of hydrogen-bond donors (Lipinski definition) is 2. The number of guanidine groups is 1. The summed E-state index contributed by atoms with van der Waals surface area (Å²) in [5.41, 5.74) is 3.90. The lowest BCUT2D eigenvalue weighted by molar-refractivity contribution is 0.162. The molecule has 2 N–H and O–H groups in total. The van der Waals surface area contributed by atoms with Crippen molar-refractivity contribution in [2.45, 2.75) is 20.4 Å². The molecule has 0 spiro atoms. The summed E-state index contributed by atoms with van der Waals surface area (Å²) in [6, 6.07) is 6.52. The average molecular weight is 434 g/mol. The number of likely N-dealkylation sites (N-methyl/N-ethyl adjacent to an activating group) is 1. The first-order chi connectivity index (χ1) is 10.6. The Kier molecular flexibility index (Phi) is 12.1. The summed E-state index contributed by atoms with van der Waals surface area (Å²) in [5, 5.41) is 6.69. The van der Waals surface area contributed by atoms with Gasteiger partial charge in [-0.3, -0.25) is 4.99 Å². The van der Waals surface area contributed by atoms with Crippen molar-refractivity contribution in [3.63, 3.8) is 0 Å². The standard InChI is InChI=1S/C17H30N4O.HI/c1-14-6-7-16(15(2)12-14)13-20-17(18-3)19-8-9-21(4)10-11-22-5;/h6-7,12H,8-11,13H2,1-5H3,(H2,18,19,20);1H. The maximum Gasteiger partial charge on any atom is 0.191 e. The predicted octanol–water partition coefficient (Wildman–Crippen LogP) is 2.16. The number of aryl methyl sites for hydroxylation is 2. The summed E-state index contributed by atoms with van der Waals surface area (Å²) in [5.74, 6) is 0.833. The quantitative estimate of drug-likeness (QED) is 0.374. The van der Waals surface area contributed by atoms with E-state index in [0.717, 1.165) is 38.7 Å². The molecular formula is C17H31IN4O. The second-order valence-corrected chi connectivity index (χ2v) is 5.58. The van der Waals surface area contributed by atoms with Gasteiger partial charge in [-0.2, -0.15) is 0 Å². The van der Waals surface area contributed by atoms with Gasteiger partial charge >= 0.3 is 0 Å². The minimum absolute atomic E-state index is 0. The lowest BCUT2D eigenvalue weighted by Gasteiger charge is -2.18. The van der Waals surface area contributed by atoms with Crippen LogP contribution in [0.2, 0.25) is 0 Å². The van der Waals surface area contributed by atoms with Gasteiger partial charge in [-0.25, -0.2) is 0 Å². The van der Waals surface area contributed by atoms with Crippen LogP contribution < -0.4 is 10.6 Å². The zero-order valence-electron chi connectivity index (χ0n) is 15.0. The van der Waals surface area contributed by atoms with Crippen LogP contribution in [0.5, 0.6) is 0 Å². The fourth-order valence-corrected chi connectivity index (χ4v) is 2.17. The van der Waals surface area contributed by atoms with E-state index in [1.54, 1.807) is 14.2 Å². The van der Waals surface area contributed by atoms with Crippen LogP contribution in [0.25, 0.3) is 0 Å². The van der Waals surface area contributed by atoms with E-state index in [4.69, 9.17) is 4.74 Å². The average Bonchev–Trinajstić information content (AvgIpc) is 2.50. The molecule has 0 atom stereocenters. The zero-order chi connectivity index (χ0) is 16.4. The maximum atomic E-state index is 5.07. The van der Waals surface area contributed by atoms with Gasteiger partial charge in [0.25, 0.3) is 0 Å². The van der Waals surface area contributed by atoms with E-state index in [1.807, 2.05) is 0 Å². The Labute approximate surface area is 157 Å². The number of ether oxygens (including phenoxy) is 1. The van der Waals surface area contributed by atoms with Crippen LogP contribution in [0.3, 0.4) is 0 Å². The van der Waals surface area contributed by atoms with Gasteiger partial charge in [0, 0.05) is 40.3 Å². The molecule has 0 amide bonds.